The van der Waals surface area contributed by atoms with Crippen LogP contribution < -0.4 is 5.73 Å². The molecule has 108 valence electrons. The van der Waals surface area contributed by atoms with E-state index < -0.39 is 10.2 Å². The first-order valence-electron chi connectivity index (χ1n) is 6.52. The highest BCUT2D eigenvalue weighted by Crippen LogP contribution is 2.24. The van der Waals surface area contributed by atoms with Gasteiger partial charge in [-0.25, -0.2) is 0 Å². The van der Waals surface area contributed by atoms with Crippen LogP contribution in [0.1, 0.15) is 32.6 Å². The van der Waals surface area contributed by atoms with Gasteiger partial charge in [0.25, 0.3) is 10.2 Å². The number of hydrogen-bond acceptors (Lipinski definition) is 3. The summed E-state index contributed by atoms with van der Waals surface area (Å²) in [4.78, 5) is 0. The highest BCUT2D eigenvalue weighted by molar-refractivity contribution is 7.86. The molecule has 0 amide bonds. The Morgan fingerprint density at radius 1 is 1.11 bits per heavy atom. The van der Waals surface area contributed by atoms with E-state index in [-0.39, 0.29) is 18.4 Å². The summed E-state index contributed by atoms with van der Waals surface area (Å²) in [6.07, 6.45) is 4.02. The molecule has 2 aliphatic heterocycles. The van der Waals surface area contributed by atoms with Crippen LogP contribution in [0.25, 0.3) is 0 Å². The molecule has 0 aromatic carbocycles. The zero-order chi connectivity index (χ0) is 12.5. The van der Waals surface area contributed by atoms with Crippen molar-refractivity contribution in [1.29, 1.82) is 0 Å². The second-order valence-corrected chi connectivity index (χ2v) is 7.16. The van der Waals surface area contributed by atoms with Crippen LogP contribution in [0.5, 0.6) is 0 Å². The third-order valence-electron chi connectivity index (χ3n) is 3.90. The fourth-order valence-electron chi connectivity index (χ4n) is 2.65. The van der Waals surface area contributed by atoms with Crippen molar-refractivity contribution in [3.05, 3.63) is 0 Å². The second kappa shape index (κ2) is 6.52. The highest BCUT2D eigenvalue weighted by atomic mass is 35.5. The van der Waals surface area contributed by atoms with E-state index >= 15 is 0 Å². The summed E-state index contributed by atoms with van der Waals surface area (Å²) in [5.74, 6) is 0.314. The third kappa shape index (κ3) is 3.36. The van der Waals surface area contributed by atoms with Gasteiger partial charge < -0.3 is 5.73 Å². The number of hydrogen-bond donors (Lipinski definition) is 1. The Kier molecular flexibility index (Phi) is 5.86. The number of nitrogens with zero attached hydrogens (tertiary/aromatic N) is 2. The standard InChI is InChI=1S/C11H23N3O2S.ClH/c1-10(12)11-5-8-14(9-11)17(15,16)13-6-3-2-4-7-13;/h10-11H,2-9,12H2,1H3;1H. The minimum atomic E-state index is -3.22. The maximum absolute atomic E-state index is 12.4. The average Bonchev–Trinajstić information content (AvgIpc) is 2.80. The Balaban J connectivity index is 0.00000162. The van der Waals surface area contributed by atoms with Crippen molar-refractivity contribution in [2.24, 2.45) is 11.7 Å². The maximum Gasteiger partial charge on any atom is 0.281 e. The fourth-order valence-corrected chi connectivity index (χ4v) is 4.41. The van der Waals surface area contributed by atoms with Gasteiger partial charge in [0, 0.05) is 32.2 Å². The van der Waals surface area contributed by atoms with E-state index in [9.17, 15) is 8.42 Å². The molecule has 0 spiro atoms. The zero-order valence-electron chi connectivity index (χ0n) is 10.9. The lowest BCUT2D eigenvalue weighted by Gasteiger charge is -2.30. The first-order chi connectivity index (χ1) is 8.01. The second-order valence-electron chi connectivity index (χ2n) is 5.23. The van der Waals surface area contributed by atoms with Crippen molar-refractivity contribution in [3.8, 4) is 0 Å². The lowest BCUT2D eigenvalue weighted by molar-refractivity contribution is 0.312. The van der Waals surface area contributed by atoms with Gasteiger partial charge in [0.2, 0.25) is 0 Å². The molecule has 2 unspecified atom stereocenters. The summed E-state index contributed by atoms with van der Waals surface area (Å²) >= 11 is 0. The van der Waals surface area contributed by atoms with Gasteiger partial charge in [0.15, 0.2) is 0 Å². The molecule has 18 heavy (non-hydrogen) atoms. The number of halogens is 1. The molecule has 7 heteroatoms. The van der Waals surface area contributed by atoms with Crippen LogP contribution in [0.2, 0.25) is 0 Å². The van der Waals surface area contributed by atoms with E-state index in [4.69, 9.17) is 5.73 Å². The van der Waals surface area contributed by atoms with Crippen LogP contribution >= 0.6 is 12.4 Å². The molecule has 0 aromatic heterocycles. The number of nitrogens with two attached hydrogens (primary N) is 1. The summed E-state index contributed by atoms with van der Waals surface area (Å²) in [5.41, 5.74) is 5.85. The lowest BCUT2D eigenvalue weighted by atomic mass is 10.0. The van der Waals surface area contributed by atoms with E-state index in [2.05, 4.69) is 0 Å². The van der Waals surface area contributed by atoms with Crippen LogP contribution in [0.4, 0.5) is 0 Å². The van der Waals surface area contributed by atoms with Crippen LogP contribution in [-0.4, -0.2) is 49.2 Å². The predicted octanol–water partition coefficient (Wildman–Crippen LogP) is 0.808. The Bertz CT molecular complexity index is 355. The highest BCUT2D eigenvalue weighted by Gasteiger charge is 2.36. The van der Waals surface area contributed by atoms with Crippen molar-refractivity contribution >= 4 is 22.6 Å². The SMILES string of the molecule is CC(N)C1CCN(S(=O)(=O)N2CCCCC2)C1.Cl. The van der Waals surface area contributed by atoms with Crippen molar-refractivity contribution in [1.82, 2.24) is 8.61 Å². The monoisotopic (exact) mass is 297 g/mol. The molecular weight excluding hydrogens is 274 g/mol. The molecule has 2 atom stereocenters. The van der Waals surface area contributed by atoms with Crippen LogP contribution in [-0.2, 0) is 10.2 Å². The van der Waals surface area contributed by atoms with E-state index in [1.54, 1.807) is 8.61 Å². The first-order valence-corrected chi connectivity index (χ1v) is 7.92. The van der Waals surface area contributed by atoms with Crippen LogP contribution in [0.15, 0.2) is 0 Å². The summed E-state index contributed by atoms with van der Waals surface area (Å²) in [6.45, 7) is 4.55. The van der Waals surface area contributed by atoms with Gasteiger partial charge in [-0.1, -0.05) is 6.42 Å². The molecule has 0 bridgehead atoms. The topological polar surface area (TPSA) is 66.6 Å². The van der Waals surface area contributed by atoms with Crippen molar-refractivity contribution in [2.45, 2.75) is 38.6 Å². The van der Waals surface area contributed by atoms with E-state index in [0.717, 1.165) is 25.7 Å². The lowest BCUT2D eigenvalue weighted by Crippen LogP contribution is -2.45. The molecule has 0 radical (unpaired) electrons. The molecule has 2 aliphatic rings. The molecule has 2 heterocycles. The molecule has 5 nitrogen and oxygen atoms in total. The van der Waals surface area contributed by atoms with Gasteiger partial charge in [-0.2, -0.15) is 17.0 Å². The minimum absolute atomic E-state index is 0. The Morgan fingerprint density at radius 2 is 1.72 bits per heavy atom. The quantitative estimate of drug-likeness (QED) is 0.838. The molecule has 0 aliphatic carbocycles. The largest absolute Gasteiger partial charge is 0.328 e. The predicted molar refractivity (Wildman–Crippen MR) is 74.9 cm³/mol. The molecule has 2 rings (SSSR count). The molecule has 2 fully saturated rings. The van der Waals surface area contributed by atoms with Gasteiger partial charge in [-0.05, 0) is 32.1 Å². The normalized spacial score (nSPS) is 28.9. The van der Waals surface area contributed by atoms with E-state index in [1.165, 1.54) is 0 Å². The first kappa shape index (κ1) is 16.2. The average molecular weight is 298 g/mol. The molecule has 0 saturated carbocycles. The van der Waals surface area contributed by atoms with Gasteiger partial charge in [-0.15, -0.1) is 12.4 Å². The zero-order valence-corrected chi connectivity index (χ0v) is 12.5. The number of rotatable bonds is 3. The van der Waals surface area contributed by atoms with E-state index in [1.807, 2.05) is 6.92 Å². The maximum atomic E-state index is 12.4. The van der Waals surface area contributed by atoms with Crippen molar-refractivity contribution in [2.75, 3.05) is 26.2 Å². The molecule has 2 saturated heterocycles. The molecule has 2 N–H and O–H groups in total. The molecule has 0 aromatic rings. The van der Waals surface area contributed by atoms with E-state index in [0.29, 0.717) is 32.1 Å². The smallest absolute Gasteiger partial charge is 0.281 e. The minimum Gasteiger partial charge on any atom is -0.328 e. The van der Waals surface area contributed by atoms with Crippen molar-refractivity contribution < 1.29 is 8.42 Å². The molecular formula is C11H24ClN3O2S. The summed E-state index contributed by atoms with van der Waals surface area (Å²) in [5, 5.41) is 0. The van der Waals surface area contributed by atoms with Gasteiger partial charge in [0.1, 0.15) is 0 Å². The summed E-state index contributed by atoms with van der Waals surface area (Å²) in [6, 6.07) is 0.0801. The van der Waals surface area contributed by atoms with Gasteiger partial charge in [-0.3, -0.25) is 0 Å². The Hall–Kier alpha value is 0.120. The fraction of sp³-hybridized carbons (Fsp3) is 1.00. The Labute approximate surface area is 116 Å². The van der Waals surface area contributed by atoms with Gasteiger partial charge in [0.05, 0.1) is 0 Å². The van der Waals surface area contributed by atoms with Gasteiger partial charge >= 0.3 is 0 Å². The van der Waals surface area contributed by atoms with Crippen LogP contribution in [0.3, 0.4) is 0 Å². The van der Waals surface area contributed by atoms with Crippen LogP contribution in [0, 0.1) is 5.92 Å². The number of piperidine rings is 1. The summed E-state index contributed by atoms with van der Waals surface area (Å²) < 4.78 is 28.0. The van der Waals surface area contributed by atoms with Crippen molar-refractivity contribution in [3.63, 3.8) is 0 Å². The summed E-state index contributed by atoms with van der Waals surface area (Å²) in [7, 11) is -3.22. The third-order valence-corrected chi connectivity index (χ3v) is 5.90. The Morgan fingerprint density at radius 3 is 2.22 bits per heavy atom.